The first-order valence-electron chi connectivity index (χ1n) is 4.48. The van der Waals surface area contributed by atoms with Crippen LogP contribution in [0.3, 0.4) is 0 Å². The number of nitrogens with one attached hydrogen (secondary N) is 2. The number of benzene rings is 1. The molecule has 0 atom stereocenters. The normalized spacial score (nSPS) is 10.5. The van der Waals surface area contributed by atoms with Crippen molar-refractivity contribution < 1.29 is 4.79 Å². The molecule has 0 bridgehead atoms. The van der Waals surface area contributed by atoms with Crippen LogP contribution in [-0.4, -0.2) is 32.7 Å². The summed E-state index contributed by atoms with van der Waals surface area (Å²) in [6.45, 7) is 0. The first-order valence-corrected chi connectivity index (χ1v) is 4.48. The largest absolute Gasteiger partial charge is 0.312 e. The Hall–Kier alpha value is -2.57. The molecule has 2 aromatic rings. The van der Waals surface area contributed by atoms with Gasteiger partial charge in [0.25, 0.3) is 5.82 Å². The highest BCUT2D eigenvalue weighted by molar-refractivity contribution is 5.91. The van der Waals surface area contributed by atoms with Gasteiger partial charge in [-0.1, -0.05) is 30.3 Å². The van der Waals surface area contributed by atoms with Gasteiger partial charge in [-0.3, -0.25) is 4.79 Å². The molecule has 1 aromatic carbocycles. The van der Waals surface area contributed by atoms with Gasteiger partial charge in [-0.25, -0.2) is 5.43 Å². The maximum atomic E-state index is 11.3. The van der Waals surface area contributed by atoms with Crippen LogP contribution in [0.2, 0.25) is 0 Å². The Bertz CT molecular complexity index is 478. The Labute approximate surface area is 90.6 Å². The van der Waals surface area contributed by atoms with E-state index in [1.54, 1.807) is 0 Å². The average Bonchev–Trinajstić information content (AvgIpc) is 2.84. The molecule has 16 heavy (non-hydrogen) atoms. The van der Waals surface area contributed by atoms with E-state index >= 15 is 0 Å². The van der Waals surface area contributed by atoms with Gasteiger partial charge >= 0.3 is 5.91 Å². The van der Waals surface area contributed by atoms with Crippen molar-refractivity contribution >= 4 is 12.1 Å². The van der Waals surface area contributed by atoms with Crippen LogP contribution in [0.1, 0.15) is 16.2 Å². The summed E-state index contributed by atoms with van der Waals surface area (Å²) in [6.07, 6.45) is 1.53. The summed E-state index contributed by atoms with van der Waals surface area (Å²) in [5, 5.41) is 16.2. The van der Waals surface area contributed by atoms with E-state index in [-0.39, 0.29) is 5.82 Å². The van der Waals surface area contributed by atoms with Gasteiger partial charge in [0.2, 0.25) is 0 Å². The lowest BCUT2D eigenvalue weighted by Crippen LogP contribution is -2.19. The summed E-state index contributed by atoms with van der Waals surface area (Å²) >= 11 is 0. The molecule has 2 N–H and O–H groups in total. The maximum absolute atomic E-state index is 11.3. The van der Waals surface area contributed by atoms with Gasteiger partial charge in [0, 0.05) is 0 Å². The van der Waals surface area contributed by atoms with Gasteiger partial charge in [-0.15, -0.1) is 10.2 Å². The van der Waals surface area contributed by atoms with Crippen LogP contribution in [0.25, 0.3) is 0 Å². The van der Waals surface area contributed by atoms with E-state index in [9.17, 15) is 4.79 Å². The number of hydrogen-bond acceptors (Lipinski definition) is 5. The van der Waals surface area contributed by atoms with Crippen molar-refractivity contribution in [2.45, 2.75) is 0 Å². The van der Waals surface area contributed by atoms with Gasteiger partial charge in [0.15, 0.2) is 0 Å². The van der Waals surface area contributed by atoms with E-state index in [4.69, 9.17) is 0 Å². The fourth-order valence-electron chi connectivity index (χ4n) is 1.01. The van der Waals surface area contributed by atoms with Crippen LogP contribution in [0.15, 0.2) is 35.4 Å². The number of tetrazole rings is 1. The van der Waals surface area contributed by atoms with Crippen LogP contribution in [-0.2, 0) is 0 Å². The third-order valence-electron chi connectivity index (χ3n) is 1.73. The molecule has 80 valence electrons. The molecule has 7 nitrogen and oxygen atoms in total. The monoisotopic (exact) mass is 216 g/mol. The zero-order valence-electron chi connectivity index (χ0n) is 8.16. The lowest BCUT2D eigenvalue weighted by Gasteiger charge is -1.93. The first-order chi connectivity index (χ1) is 7.86. The number of carbonyl (C=O) groups excluding carboxylic acids is 1. The second kappa shape index (κ2) is 4.78. The maximum Gasteiger partial charge on any atom is 0.312 e. The van der Waals surface area contributed by atoms with Crippen molar-refractivity contribution in [3.05, 3.63) is 41.7 Å². The highest BCUT2D eigenvalue weighted by atomic mass is 16.2. The molecule has 0 saturated carbocycles. The number of H-pyrrole nitrogens is 1. The fraction of sp³-hybridized carbons (Fsp3) is 0. The van der Waals surface area contributed by atoms with Crippen LogP contribution in [0.5, 0.6) is 0 Å². The number of hydrazone groups is 1. The van der Waals surface area contributed by atoms with Gasteiger partial charge in [0.1, 0.15) is 0 Å². The number of carbonyl (C=O) groups is 1. The summed E-state index contributed by atoms with van der Waals surface area (Å²) in [6, 6.07) is 9.38. The van der Waals surface area contributed by atoms with Gasteiger partial charge < -0.3 is 0 Å². The molecule has 7 heteroatoms. The number of hydrogen-bond donors (Lipinski definition) is 2. The summed E-state index contributed by atoms with van der Waals surface area (Å²) in [5.74, 6) is -0.564. The zero-order chi connectivity index (χ0) is 11.2. The van der Waals surface area contributed by atoms with Crippen molar-refractivity contribution in [2.24, 2.45) is 5.10 Å². The second-order valence-corrected chi connectivity index (χ2v) is 2.85. The third kappa shape index (κ3) is 2.47. The topological polar surface area (TPSA) is 95.9 Å². The zero-order valence-corrected chi connectivity index (χ0v) is 8.16. The number of nitrogens with zero attached hydrogens (tertiary/aromatic N) is 4. The van der Waals surface area contributed by atoms with Crippen molar-refractivity contribution in [3.8, 4) is 0 Å². The standard InChI is InChI=1S/C9H8N6O/c16-9(8-11-14-15-12-8)13-10-6-7-4-2-1-3-5-7/h1-6H,(H,13,16)(H,11,12,14,15). The molecule has 0 aliphatic rings. The van der Waals surface area contributed by atoms with Crippen molar-refractivity contribution in [2.75, 3.05) is 0 Å². The summed E-state index contributed by atoms with van der Waals surface area (Å²) < 4.78 is 0. The van der Waals surface area contributed by atoms with E-state index in [0.29, 0.717) is 0 Å². The van der Waals surface area contributed by atoms with E-state index < -0.39 is 5.91 Å². The van der Waals surface area contributed by atoms with Crippen LogP contribution in [0.4, 0.5) is 0 Å². The van der Waals surface area contributed by atoms with Crippen LogP contribution in [0, 0.1) is 0 Å². The molecule has 0 radical (unpaired) electrons. The lowest BCUT2D eigenvalue weighted by molar-refractivity contribution is 0.0945. The third-order valence-corrected chi connectivity index (χ3v) is 1.73. The Morgan fingerprint density at radius 3 is 2.88 bits per heavy atom. The molecule has 0 aliphatic carbocycles. The van der Waals surface area contributed by atoms with Gasteiger partial charge in [-0.05, 0) is 10.8 Å². The van der Waals surface area contributed by atoms with Crippen molar-refractivity contribution in [1.29, 1.82) is 0 Å². The summed E-state index contributed by atoms with van der Waals surface area (Å²) in [7, 11) is 0. The van der Waals surface area contributed by atoms with Gasteiger partial charge in [-0.2, -0.15) is 10.3 Å². The summed E-state index contributed by atoms with van der Waals surface area (Å²) in [4.78, 5) is 11.3. The lowest BCUT2D eigenvalue weighted by atomic mass is 10.2. The highest BCUT2D eigenvalue weighted by Gasteiger charge is 2.08. The van der Waals surface area contributed by atoms with Crippen LogP contribution < -0.4 is 5.43 Å². The molecule has 0 spiro atoms. The Balaban J connectivity index is 1.93. The fourth-order valence-corrected chi connectivity index (χ4v) is 1.01. The van der Waals surface area contributed by atoms with E-state index in [2.05, 4.69) is 31.2 Å². The number of aromatic nitrogens is 4. The van der Waals surface area contributed by atoms with E-state index in [0.717, 1.165) is 5.56 Å². The van der Waals surface area contributed by atoms with Crippen molar-refractivity contribution in [3.63, 3.8) is 0 Å². The second-order valence-electron chi connectivity index (χ2n) is 2.85. The molecule has 1 heterocycles. The minimum absolute atomic E-state index is 0.0507. The predicted octanol–water partition coefficient (Wildman–Crippen LogP) is -0.0364. The molecule has 0 saturated heterocycles. The Morgan fingerprint density at radius 2 is 2.19 bits per heavy atom. The van der Waals surface area contributed by atoms with E-state index in [1.807, 2.05) is 30.3 Å². The first kappa shape index (κ1) is 9.97. The average molecular weight is 216 g/mol. The van der Waals surface area contributed by atoms with E-state index in [1.165, 1.54) is 6.21 Å². The quantitative estimate of drug-likeness (QED) is 0.556. The molecule has 2 rings (SSSR count). The predicted molar refractivity (Wildman–Crippen MR) is 55.7 cm³/mol. The molecule has 1 amide bonds. The number of amides is 1. The molecular formula is C9H8N6O. The number of rotatable bonds is 3. The van der Waals surface area contributed by atoms with Gasteiger partial charge in [0.05, 0.1) is 6.21 Å². The molecule has 0 aliphatic heterocycles. The van der Waals surface area contributed by atoms with Crippen LogP contribution >= 0.6 is 0 Å². The molecular weight excluding hydrogens is 208 g/mol. The smallest absolute Gasteiger partial charge is 0.264 e. The Kier molecular flexibility index (Phi) is 2.98. The molecule has 0 unspecified atom stereocenters. The summed E-state index contributed by atoms with van der Waals surface area (Å²) in [5.41, 5.74) is 3.16. The molecule has 1 aromatic heterocycles. The number of aromatic amines is 1. The SMILES string of the molecule is O=C(NN=Cc1ccccc1)c1nn[nH]n1. The molecule has 0 fully saturated rings. The highest BCUT2D eigenvalue weighted by Crippen LogP contribution is 1.93. The minimum atomic E-state index is -0.513. The van der Waals surface area contributed by atoms with Crippen molar-refractivity contribution in [1.82, 2.24) is 26.0 Å². The minimum Gasteiger partial charge on any atom is -0.264 e. The Morgan fingerprint density at radius 1 is 1.38 bits per heavy atom.